The first-order chi connectivity index (χ1) is 12.1. The van der Waals surface area contributed by atoms with Gasteiger partial charge in [0.05, 0.1) is 5.52 Å². The Morgan fingerprint density at radius 3 is 2.88 bits per heavy atom. The van der Waals surface area contributed by atoms with Gasteiger partial charge in [-0.05, 0) is 88.5 Å². The van der Waals surface area contributed by atoms with Crippen LogP contribution in [0.4, 0.5) is 0 Å². The molecule has 1 aliphatic rings. The van der Waals surface area contributed by atoms with Crippen LogP contribution in [-0.4, -0.2) is 43.6 Å². The van der Waals surface area contributed by atoms with Crippen LogP contribution in [0.1, 0.15) is 31.2 Å². The molecule has 2 aromatic rings. The van der Waals surface area contributed by atoms with Crippen LogP contribution in [0.3, 0.4) is 0 Å². The molecule has 0 saturated heterocycles. The van der Waals surface area contributed by atoms with Crippen molar-refractivity contribution in [3.05, 3.63) is 41.0 Å². The van der Waals surface area contributed by atoms with Gasteiger partial charge in [0.15, 0.2) is 0 Å². The van der Waals surface area contributed by atoms with Gasteiger partial charge >= 0.3 is 0 Å². The third-order valence-electron chi connectivity index (χ3n) is 5.42. The van der Waals surface area contributed by atoms with Gasteiger partial charge < -0.3 is 10.2 Å². The lowest BCUT2D eigenvalue weighted by molar-refractivity contribution is 0.268. The van der Waals surface area contributed by atoms with Crippen LogP contribution in [0, 0.1) is 11.8 Å². The zero-order valence-electron chi connectivity index (χ0n) is 15.5. The van der Waals surface area contributed by atoms with Crippen LogP contribution in [0.15, 0.2) is 30.5 Å². The van der Waals surface area contributed by atoms with Crippen molar-refractivity contribution in [3.8, 4) is 0 Å². The average Bonchev–Trinajstić information content (AvgIpc) is 3.00. The van der Waals surface area contributed by atoms with Crippen molar-refractivity contribution in [2.24, 2.45) is 11.8 Å². The Balaban J connectivity index is 1.45. The SMILES string of the molecule is CN(C)CC1CCCC1CNCCCc1ccnc2cc(Cl)ccc12. The van der Waals surface area contributed by atoms with Crippen LogP contribution in [-0.2, 0) is 6.42 Å². The molecule has 3 rings (SSSR count). The lowest BCUT2D eigenvalue weighted by Gasteiger charge is -2.23. The maximum Gasteiger partial charge on any atom is 0.0719 e. The fourth-order valence-electron chi connectivity index (χ4n) is 4.18. The van der Waals surface area contributed by atoms with Gasteiger partial charge in [0.2, 0.25) is 0 Å². The number of fused-ring (bicyclic) bond motifs is 1. The van der Waals surface area contributed by atoms with Crippen molar-refractivity contribution in [3.63, 3.8) is 0 Å². The Kier molecular flexibility index (Phi) is 6.69. The Morgan fingerprint density at radius 1 is 1.20 bits per heavy atom. The molecule has 2 atom stereocenters. The molecule has 0 radical (unpaired) electrons. The molecule has 1 fully saturated rings. The first-order valence-corrected chi connectivity index (χ1v) is 9.90. The summed E-state index contributed by atoms with van der Waals surface area (Å²) in [4.78, 5) is 6.76. The van der Waals surface area contributed by atoms with Crippen LogP contribution >= 0.6 is 11.6 Å². The van der Waals surface area contributed by atoms with Crippen molar-refractivity contribution in [2.45, 2.75) is 32.1 Å². The Hall–Kier alpha value is -1.16. The van der Waals surface area contributed by atoms with E-state index in [-0.39, 0.29) is 0 Å². The van der Waals surface area contributed by atoms with Gasteiger partial charge in [-0.15, -0.1) is 0 Å². The van der Waals surface area contributed by atoms with Crippen molar-refractivity contribution < 1.29 is 0 Å². The number of hydrogen-bond acceptors (Lipinski definition) is 3. The number of pyridine rings is 1. The molecular weight excluding hydrogens is 330 g/mol. The summed E-state index contributed by atoms with van der Waals surface area (Å²) in [5, 5.41) is 5.69. The number of aryl methyl sites for hydroxylation is 1. The number of benzene rings is 1. The maximum atomic E-state index is 6.07. The molecule has 1 aliphatic carbocycles. The highest BCUT2D eigenvalue weighted by atomic mass is 35.5. The third-order valence-corrected chi connectivity index (χ3v) is 5.65. The molecule has 1 aromatic carbocycles. The highest BCUT2D eigenvalue weighted by molar-refractivity contribution is 6.31. The van der Waals surface area contributed by atoms with E-state index in [9.17, 15) is 0 Å². The normalized spacial score (nSPS) is 20.6. The van der Waals surface area contributed by atoms with Gasteiger partial charge in [0.1, 0.15) is 0 Å². The van der Waals surface area contributed by atoms with Gasteiger partial charge in [0, 0.05) is 23.2 Å². The minimum absolute atomic E-state index is 0.752. The fraction of sp³-hybridized carbons (Fsp3) is 0.571. The van der Waals surface area contributed by atoms with E-state index in [0.29, 0.717) is 0 Å². The monoisotopic (exact) mass is 359 g/mol. The molecule has 0 amide bonds. The lowest BCUT2D eigenvalue weighted by atomic mass is 9.95. The number of aromatic nitrogens is 1. The number of nitrogens with one attached hydrogen (secondary N) is 1. The Morgan fingerprint density at radius 2 is 2.04 bits per heavy atom. The van der Waals surface area contributed by atoms with Crippen molar-refractivity contribution in [1.82, 2.24) is 15.2 Å². The van der Waals surface area contributed by atoms with E-state index in [1.54, 1.807) is 0 Å². The van der Waals surface area contributed by atoms with E-state index < -0.39 is 0 Å². The number of nitrogens with zero attached hydrogens (tertiary/aromatic N) is 2. The molecule has 1 heterocycles. The lowest BCUT2D eigenvalue weighted by Crippen LogP contribution is -2.31. The standard InChI is InChI=1S/C21H30ClN3/c1-25(2)15-18-6-3-5-17(18)14-23-11-4-7-16-10-12-24-21-13-19(22)8-9-20(16)21/h8-10,12-13,17-18,23H,3-7,11,14-15H2,1-2H3. The minimum Gasteiger partial charge on any atom is -0.316 e. The van der Waals surface area contributed by atoms with E-state index in [1.807, 2.05) is 18.3 Å². The van der Waals surface area contributed by atoms with Crippen LogP contribution in [0.2, 0.25) is 5.02 Å². The smallest absolute Gasteiger partial charge is 0.0719 e. The zero-order chi connectivity index (χ0) is 17.6. The first-order valence-electron chi connectivity index (χ1n) is 9.52. The summed E-state index contributed by atoms with van der Waals surface area (Å²) in [6.45, 7) is 3.49. The van der Waals surface area contributed by atoms with Crippen LogP contribution < -0.4 is 5.32 Å². The Labute approximate surface area is 156 Å². The highest BCUT2D eigenvalue weighted by Gasteiger charge is 2.26. The van der Waals surface area contributed by atoms with E-state index in [2.05, 4.69) is 41.4 Å². The molecule has 2 unspecified atom stereocenters. The second kappa shape index (κ2) is 8.98. The molecule has 4 heteroatoms. The molecule has 3 nitrogen and oxygen atoms in total. The third kappa shape index (κ3) is 5.16. The van der Waals surface area contributed by atoms with Crippen molar-refractivity contribution >= 4 is 22.5 Å². The Bertz CT molecular complexity index is 686. The summed E-state index contributed by atoms with van der Waals surface area (Å²) in [6, 6.07) is 8.14. The fourth-order valence-corrected chi connectivity index (χ4v) is 4.35. The molecule has 1 aromatic heterocycles. The van der Waals surface area contributed by atoms with Gasteiger partial charge in [-0.25, -0.2) is 0 Å². The summed E-state index contributed by atoms with van der Waals surface area (Å²) in [7, 11) is 4.38. The molecular formula is C21H30ClN3. The van der Waals surface area contributed by atoms with E-state index in [1.165, 1.54) is 43.3 Å². The summed E-state index contributed by atoms with van der Waals surface area (Å²) < 4.78 is 0. The van der Waals surface area contributed by atoms with Gasteiger partial charge in [-0.2, -0.15) is 0 Å². The molecule has 136 valence electrons. The average molecular weight is 360 g/mol. The second-order valence-electron chi connectivity index (χ2n) is 7.65. The van der Waals surface area contributed by atoms with E-state index >= 15 is 0 Å². The predicted octanol–water partition coefficient (Wildman–Crippen LogP) is 4.39. The van der Waals surface area contributed by atoms with Crippen LogP contribution in [0.25, 0.3) is 10.9 Å². The number of hydrogen-bond donors (Lipinski definition) is 1. The van der Waals surface area contributed by atoms with Crippen molar-refractivity contribution in [2.75, 3.05) is 33.7 Å². The topological polar surface area (TPSA) is 28.2 Å². The molecule has 0 spiro atoms. The number of halogens is 1. The second-order valence-corrected chi connectivity index (χ2v) is 8.09. The van der Waals surface area contributed by atoms with Gasteiger partial charge in [-0.3, -0.25) is 4.98 Å². The van der Waals surface area contributed by atoms with E-state index in [4.69, 9.17) is 11.6 Å². The molecule has 1 saturated carbocycles. The van der Waals surface area contributed by atoms with Gasteiger partial charge in [-0.1, -0.05) is 24.1 Å². The first kappa shape index (κ1) is 18.6. The summed E-state index contributed by atoms with van der Waals surface area (Å²) in [5.41, 5.74) is 2.37. The molecule has 0 bridgehead atoms. The zero-order valence-corrected chi connectivity index (χ0v) is 16.2. The molecule has 1 N–H and O–H groups in total. The van der Waals surface area contributed by atoms with Crippen molar-refractivity contribution in [1.29, 1.82) is 0 Å². The minimum atomic E-state index is 0.752. The summed E-state index contributed by atoms with van der Waals surface area (Å²) >= 11 is 6.07. The van der Waals surface area contributed by atoms with Crippen LogP contribution in [0.5, 0.6) is 0 Å². The quantitative estimate of drug-likeness (QED) is 0.708. The summed E-state index contributed by atoms with van der Waals surface area (Å²) in [5.74, 6) is 1.72. The van der Waals surface area contributed by atoms with E-state index in [0.717, 1.165) is 41.8 Å². The predicted molar refractivity (Wildman–Crippen MR) is 107 cm³/mol. The highest BCUT2D eigenvalue weighted by Crippen LogP contribution is 2.31. The number of rotatable bonds is 8. The molecule has 25 heavy (non-hydrogen) atoms. The van der Waals surface area contributed by atoms with Gasteiger partial charge in [0.25, 0.3) is 0 Å². The maximum absolute atomic E-state index is 6.07. The molecule has 0 aliphatic heterocycles. The largest absolute Gasteiger partial charge is 0.316 e. The summed E-state index contributed by atoms with van der Waals surface area (Å²) in [6.07, 6.45) is 8.33.